The Bertz CT molecular complexity index is 3300. The Kier molecular flexibility index (Phi) is 6.99. The summed E-state index contributed by atoms with van der Waals surface area (Å²) in [5, 5.41) is 16.6. The zero-order valence-electron chi connectivity index (χ0n) is 30.8. The molecule has 0 radical (unpaired) electrons. The standard InChI is InChI=1S/C52H34N4O/c1-2-7-34(8-3-1)52-56-51-46(57-52)25-24-44-47(51)43-10-4-5-11-45(43)55-48(44)33-14-12-31(13-15-33)35-19-21-39-36(29-35)16-17-37-30-38(20-22-40(37)39)41-26-28-54-50-42(41)23-18-32-9-6-27-53-49(32)50/h1-26,28-30,52-53,56H,27H2. The monoisotopic (exact) mass is 730 g/mol. The fourth-order valence-corrected chi connectivity index (χ4v) is 8.95. The second-order valence-corrected chi connectivity index (χ2v) is 15.0. The molecule has 8 aromatic carbocycles. The van der Waals surface area contributed by atoms with Gasteiger partial charge in [0.15, 0.2) is 6.23 Å². The molecular formula is C52H34N4O. The molecule has 57 heavy (non-hydrogen) atoms. The maximum Gasteiger partial charge on any atom is 0.196 e. The third-order valence-electron chi connectivity index (χ3n) is 11.7. The minimum atomic E-state index is -0.243. The van der Waals surface area contributed by atoms with E-state index >= 15 is 0 Å². The predicted octanol–water partition coefficient (Wildman–Crippen LogP) is 13.2. The van der Waals surface area contributed by atoms with E-state index in [4.69, 9.17) is 14.7 Å². The van der Waals surface area contributed by atoms with Crippen molar-refractivity contribution < 1.29 is 4.74 Å². The van der Waals surface area contributed by atoms with Gasteiger partial charge in [-0.2, -0.15) is 0 Å². The molecule has 12 rings (SSSR count). The van der Waals surface area contributed by atoms with Gasteiger partial charge in [-0.25, -0.2) is 4.98 Å². The zero-order chi connectivity index (χ0) is 37.5. The number of anilines is 2. The van der Waals surface area contributed by atoms with Crippen LogP contribution in [-0.2, 0) is 0 Å². The minimum Gasteiger partial charge on any atom is -0.464 e. The van der Waals surface area contributed by atoms with Crippen molar-refractivity contribution in [2.24, 2.45) is 0 Å². The Morgan fingerprint density at radius 3 is 2.14 bits per heavy atom. The van der Waals surface area contributed by atoms with Crippen molar-refractivity contribution in [1.82, 2.24) is 9.97 Å². The number of benzene rings is 8. The van der Waals surface area contributed by atoms with Crippen LogP contribution >= 0.6 is 0 Å². The van der Waals surface area contributed by atoms with E-state index in [1.54, 1.807) is 0 Å². The van der Waals surface area contributed by atoms with Gasteiger partial charge < -0.3 is 15.4 Å². The molecule has 2 N–H and O–H groups in total. The molecule has 0 fully saturated rings. The van der Waals surface area contributed by atoms with Crippen LogP contribution in [0.5, 0.6) is 5.75 Å². The number of hydrogen-bond acceptors (Lipinski definition) is 5. The Hall–Kier alpha value is -7.50. The van der Waals surface area contributed by atoms with Crippen LogP contribution in [-0.4, -0.2) is 16.5 Å². The van der Waals surface area contributed by atoms with Crippen LogP contribution in [0.3, 0.4) is 0 Å². The first kappa shape index (κ1) is 31.8. The molecule has 0 saturated heterocycles. The van der Waals surface area contributed by atoms with Crippen molar-refractivity contribution >= 4 is 71.6 Å². The van der Waals surface area contributed by atoms with Gasteiger partial charge in [0.05, 0.1) is 28.1 Å². The maximum absolute atomic E-state index is 6.43. The van der Waals surface area contributed by atoms with Gasteiger partial charge in [0.2, 0.25) is 0 Å². The molecule has 4 heterocycles. The first-order valence-electron chi connectivity index (χ1n) is 19.5. The van der Waals surface area contributed by atoms with Crippen LogP contribution in [0.4, 0.5) is 11.4 Å². The van der Waals surface area contributed by atoms with E-state index < -0.39 is 0 Å². The molecule has 0 bridgehead atoms. The van der Waals surface area contributed by atoms with Crippen molar-refractivity contribution in [3.8, 4) is 39.3 Å². The molecule has 2 aliphatic rings. The molecule has 5 nitrogen and oxygen atoms in total. The van der Waals surface area contributed by atoms with Crippen molar-refractivity contribution in [3.63, 3.8) is 0 Å². The van der Waals surface area contributed by atoms with Crippen molar-refractivity contribution in [1.29, 1.82) is 0 Å². The lowest BCUT2D eigenvalue weighted by atomic mass is 9.93. The summed E-state index contributed by atoms with van der Waals surface area (Å²) >= 11 is 0. The number of hydrogen-bond donors (Lipinski definition) is 2. The van der Waals surface area contributed by atoms with Crippen molar-refractivity contribution in [3.05, 3.63) is 181 Å². The maximum atomic E-state index is 6.43. The minimum absolute atomic E-state index is 0.243. The first-order valence-corrected chi connectivity index (χ1v) is 19.5. The predicted molar refractivity (Wildman–Crippen MR) is 237 cm³/mol. The van der Waals surface area contributed by atoms with Gasteiger partial charge >= 0.3 is 0 Å². The lowest BCUT2D eigenvalue weighted by molar-refractivity contribution is 0.260. The summed E-state index contributed by atoms with van der Waals surface area (Å²) in [5.74, 6) is 0.856. The SMILES string of the molecule is C1=Cc2ccc3c(-c4ccc5c(ccc6cc(-c7ccc(-c8nc9ccccc9c9c%10c(ccc89)OC(c8ccccc8)N%10)cc7)ccc65)c4)ccnc3c2NC1. The van der Waals surface area contributed by atoms with E-state index in [1.165, 1.54) is 49.4 Å². The summed E-state index contributed by atoms with van der Waals surface area (Å²) in [7, 11) is 0. The second-order valence-electron chi connectivity index (χ2n) is 15.0. The molecular weight excluding hydrogens is 697 g/mol. The van der Waals surface area contributed by atoms with E-state index in [0.29, 0.717) is 0 Å². The highest BCUT2D eigenvalue weighted by molar-refractivity contribution is 6.18. The number of fused-ring (bicyclic) bond motifs is 11. The lowest BCUT2D eigenvalue weighted by Gasteiger charge is -2.17. The molecule has 10 aromatic rings. The van der Waals surface area contributed by atoms with Gasteiger partial charge in [-0.1, -0.05) is 133 Å². The number of para-hydroxylation sites is 1. The van der Waals surface area contributed by atoms with Crippen LogP contribution in [0.2, 0.25) is 0 Å². The molecule has 1 atom stereocenters. The average Bonchev–Trinajstić information content (AvgIpc) is 3.73. The van der Waals surface area contributed by atoms with Gasteiger partial charge in [0.1, 0.15) is 5.75 Å². The zero-order valence-corrected chi connectivity index (χ0v) is 30.8. The molecule has 0 aliphatic carbocycles. The summed E-state index contributed by atoms with van der Waals surface area (Å²) in [6.07, 6.45) is 6.01. The molecule has 5 heteroatoms. The molecule has 0 spiro atoms. The Morgan fingerprint density at radius 2 is 1.28 bits per heavy atom. The quantitative estimate of drug-likeness (QED) is 0.177. The Balaban J connectivity index is 0.887. The number of pyridine rings is 2. The highest BCUT2D eigenvalue weighted by Gasteiger charge is 2.27. The third-order valence-corrected chi connectivity index (χ3v) is 11.7. The molecule has 268 valence electrons. The fraction of sp³-hybridized carbons (Fsp3) is 0.0385. The van der Waals surface area contributed by atoms with E-state index in [0.717, 1.165) is 73.1 Å². The molecule has 1 unspecified atom stereocenters. The number of ether oxygens (including phenoxy) is 1. The molecule has 0 saturated carbocycles. The van der Waals surface area contributed by atoms with Crippen molar-refractivity contribution in [2.75, 3.05) is 17.2 Å². The van der Waals surface area contributed by atoms with E-state index in [-0.39, 0.29) is 6.23 Å². The van der Waals surface area contributed by atoms with Gasteiger partial charge in [-0.15, -0.1) is 0 Å². The van der Waals surface area contributed by atoms with Crippen LogP contribution in [0.15, 0.2) is 170 Å². The fourth-order valence-electron chi connectivity index (χ4n) is 8.95. The highest BCUT2D eigenvalue weighted by Crippen LogP contribution is 2.47. The smallest absolute Gasteiger partial charge is 0.196 e. The molecule has 0 amide bonds. The summed E-state index contributed by atoms with van der Waals surface area (Å²) in [5.41, 5.74) is 13.1. The topological polar surface area (TPSA) is 59.1 Å². The summed E-state index contributed by atoms with van der Waals surface area (Å²) in [6.45, 7) is 0.820. The molecule has 2 aliphatic heterocycles. The normalized spacial score (nSPS) is 14.4. The molecule has 2 aromatic heterocycles. The largest absolute Gasteiger partial charge is 0.464 e. The number of aromatic nitrogens is 2. The van der Waals surface area contributed by atoms with E-state index in [9.17, 15) is 0 Å². The van der Waals surface area contributed by atoms with Crippen LogP contribution in [0, 0.1) is 0 Å². The van der Waals surface area contributed by atoms with Gasteiger partial charge in [0, 0.05) is 45.4 Å². The highest BCUT2D eigenvalue weighted by atomic mass is 16.5. The number of rotatable bonds is 4. The van der Waals surface area contributed by atoms with Gasteiger partial charge in [-0.05, 0) is 85.8 Å². The number of nitrogens with zero attached hydrogens (tertiary/aromatic N) is 2. The summed E-state index contributed by atoms with van der Waals surface area (Å²) < 4.78 is 6.43. The van der Waals surface area contributed by atoms with E-state index in [1.807, 2.05) is 24.4 Å². The van der Waals surface area contributed by atoms with Crippen LogP contribution in [0.25, 0.3) is 93.7 Å². The lowest BCUT2D eigenvalue weighted by Crippen LogP contribution is -2.09. The van der Waals surface area contributed by atoms with Crippen molar-refractivity contribution in [2.45, 2.75) is 6.23 Å². The summed E-state index contributed by atoms with van der Waals surface area (Å²) in [4.78, 5) is 10.0. The van der Waals surface area contributed by atoms with Gasteiger partial charge in [0.25, 0.3) is 0 Å². The van der Waals surface area contributed by atoms with Crippen LogP contribution in [0.1, 0.15) is 17.4 Å². The number of nitrogens with one attached hydrogen (secondary N) is 2. The Labute approximate surface area is 328 Å². The van der Waals surface area contributed by atoms with E-state index in [2.05, 4.69) is 162 Å². The summed E-state index contributed by atoms with van der Waals surface area (Å²) in [6, 6.07) is 56.4. The second kappa shape index (κ2) is 12.5. The van der Waals surface area contributed by atoms with Gasteiger partial charge in [-0.3, -0.25) is 4.98 Å². The third kappa shape index (κ3) is 5.09. The average molecular weight is 731 g/mol. The van der Waals surface area contributed by atoms with Crippen LogP contribution < -0.4 is 15.4 Å². The Morgan fingerprint density at radius 1 is 0.561 bits per heavy atom. The first-order chi connectivity index (χ1) is 28.2.